The Kier molecular flexibility index (Phi) is 7.43. The summed E-state index contributed by atoms with van der Waals surface area (Å²) < 4.78 is 2.06. The number of aromatic nitrogens is 4. The van der Waals surface area contributed by atoms with E-state index < -0.39 is 4.92 Å². The van der Waals surface area contributed by atoms with Crippen molar-refractivity contribution >= 4 is 55.6 Å². The average molecular weight is 566 g/mol. The molecule has 0 saturated carbocycles. The van der Waals surface area contributed by atoms with Crippen LogP contribution >= 0.6 is 15.9 Å². The fourth-order valence-corrected chi connectivity index (χ4v) is 4.52. The fourth-order valence-electron chi connectivity index (χ4n) is 4.13. The van der Waals surface area contributed by atoms with Gasteiger partial charge in [0.05, 0.1) is 17.5 Å². The van der Waals surface area contributed by atoms with E-state index in [2.05, 4.69) is 31.0 Å². The van der Waals surface area contributed by atoms with Gasteiger partial charge in [-0.15, -0.1) is 0 Å². The van der Waals surface area contributed by atoms with Gasteiger partial charge in [-0.1, -0.05) is 28.1 Å². The molecule has 11 nitrogen and oxygen atoms in total. The monoisotopic (exact) mass is 565 g/mol. The van der Waals surface area contributed by atoms with Crippen LogP contribution in [0.5, 0.6) is 0 Å². The largest absolute Gasteiger partial charge is 0.343 e. The number of aryl methyl sites for hydroxylation is 1. The van der Waals surface area contributed by atoms with E-state index >= 15 is 0 Å². The molecule has 1 atom stereocenters. The molecule has 0 aliphatic heterocycles. The maximum absolute atomic E-state index is 13.5. The van der Waals surface area contributed by atoms with E-state index in [9.17, 15) is 14.9 Å². The van der Waals surface area contributed by atoms with Crippen molar-refractivity contribution in [2.45, 2.75) is 6.54 Å². The fraction of sp³-hybridized carbons (Fsp3) is 0.200. The lowest BCUT2D eigenvalue weighted by atomic mass is 10.1. The summed E-state index contributed by atoms with van der Waals surface area (Å²) in [6.07, 6.45) is 5.66. The smallest absolute Gasteiger partial charge is 0.329 e. The number of hydrogen-bond donors (Lipinski definition) is 1. The summed E-state index contributed by atoms with van der Waals surface area (Å²) in [5, 5.41) is 16.4. The second-order valence-corrected chi connectivity index (χ2v) is 9.54. The van der Waals surface area contributed by atoms with Crippen LogP contribution in [0.25, 0.3) is 10.9 Å². The van der Waals surface area contributed by atoms with E-state index in [1.54, 1.807) is 26.2 Å². The minimum absolute atomic E-state index is 0.00341. The third kappa shape index (κ3) is 5.12. The number of halogens is 1. The summed E-state index contributed by atoms with van der Waals surface area (Å²) in [5.41, 5.74) is 7.97. The van der Waals surface area contributed by atoms with Crippen molar-refractivity contribution in [2.75, 3.05) is 25.5 Å². The Labute approximate surface area is 221 Å². The molecule has 0 spiro atoms. The maximum atomic E-state index is 13.5. The first-order chi connectivity index (χ1) is 17.7. The molecule has 4 rings (SSSR count). The van der Waals surface area contributed by atoms with Gasteiger partial charge in [0.25, 0.3) is 0 Å². The number of quaternary nitrogens is 1. The Bertz CT molecular complexity index is 1520. The van der Waals surface area contributed by atoms with E-state index in [1.165, 1.54) is 23.3 Å². The second-order valence-electron chi connectivity index (χ2n) is 8.62. The van der Waals surface area contributed by atoms with Gasteiger partial charge >= 0.3 is 11.6 Å². The zero-order valence-electron chi connectivity index (χ0n) is 20.6. The van der Waals surface area contributed by atoms with Crippen LogP contribution in [0.2, 0.25) is 0 Å². The van der Waals surface area contributed by atoms with E-state index in [1.807, 2.05) is 48.3 Å². The lowest BCUT2D eigenvalue weighted by molar-refractivity contribution is -0.385. The quantitative estimate of drug-likeness (QED) is 0.147. The molecule has 0 bridgehead atoms. The Morgan fingerprint density at radius 3 is 2.76 bits per heavy atom. The van der Waals surface area contributed by atoms with Crippen molar-refractivity contribution in [3.63, 3.8) is 0 Å². The van der Waals surface area contributed by atoms with Gasteiger partial charge in [0.15, 0.2) is 5.69 Å². The first kappa shape index (κ1) is 26.1. The second kappa shape index (κ2) is 10.5. The first-order valence-corrected chi connectivity index (χ1v) is 12.1. The molecule has 2 heterocycles. The summed E-state index contributed by atoms with van der Waals surface area (Å²) in [6, 6.07) is 13.3. The van der Waals surface area contributed by atoms with Crippen molar-refractivity contribution in [1.29, 1.82) is 0 Å². The van der Waals surface area contributed by atoms with Crippen molar-refractivity contribution in [3.8, 4) is 0 Å². The third-order valence-electron chi connectivity index (χ3n) is 6.27. The highest BCUT2D eigenvalue weighted by atomic mass is 79.9. The van der Waals surface area contributed by atoms with Crippen LogP contribution in [-0.4, -0.2) is 51.2 Å². The van der Waals surface area contributed by atoms with E-state index in [4.69, 9.17) is 5.73 Å². The van der Waals surface area contributed by atoms with Crippen LogP contribution < -0.4 is 15.1 Å². The highest BCUT2D eigenvalue weighted by Gasteiger charge is 2.37. The molecule has 0 fully saturated rings. The number of benzene rings is 2. The van der Waals surface area contributed by atoms with E-state index in [-0.39, 0.29) is 29.2 Å². The third-order valence-corrected chi connectivity index (χ3v) is 6.76. The summed E-state index contributed by atoms with van der Waals surface area (Å²) >= 11 is 3.51. The molecule has 2 N–H and O–H groups in total. The van der Waals surface area contributed by atoms with Crippen molar-refractivity contribution in [3.05, 3.63) is 87.4 Å². The molecular weight excluding hydrogens is 540 g/mol. The predicted molar refractivity (Wildman–Crippen MR) is 146 cm³/mol. The van der Waals surface area contributed by atoms with Crippen LogP contribution in [0, 0.1) is 10.1 Å². The highest BCUT2D eigenvalue weighted by molar-refractivity contribution is 9.10. The lowest BCUT2D eigenvalue weighted by Crippen LogP contribution is -2.49. The van der Waals surface area contributed by atoms with Gasteiger partial charge in [-0.05, 0) is 24.3 Å². The summed E-state index contributed by atoms with van der Waals surface area (Å²) in [4.78, 5) is 35.6. The molecule has 1 unspecified atom stereocenters. The molecule has 190 valence electrons. The molecule has 37 heavy (non-hydrogen) atoms. The van der Waals surface area contributed by atoms with Crippen LogP contribution in [0.3, 0.4) is 0 Å². The molecule has 0 aliphatic rings. The maximum Gasteiger partial charge on any atom is 0.343 e. The predicted octanol–water partition coefficient (Wildman–Crippen LogP) is 3.98. The molecule has 2 aromatic heterocycles. The molecule has 12 heteroatoms. The minimum Gasteiger partial charge on any atom is -0.329 e. The van der Waals surface area contributed by atoms with E-state index in [0.29, 0.717) is 22.7 Å². The number of rotatable bonds is 8. The SMILES string of the molecule is CN(c1cccc(Br)c1)c1ncnc2ccc([N+](C)(Cc3c([N+](=O)[O-])cnn3C)C(=O)/C=C/CN)cc12. The molecule has 0 radical (unpaired) electrons. The topological polar surface area (TPSA) is 133 Å². The van der Waals surface area contributed by atoms with Gasteiger partial charge in [0.2, 0.25) is 0 Å². The number of nitro groups is 1. The summed E-state index contributed by atoms with van der Waals surface area (Å²) in [5.74, 6) is 0.354. The average Bonchev–Trinajstić information content (AvgIpc) is 3.25. The number of fused-ring (bicyclic) bond motifs is 1. The van der Waals surface area contributed by atoms with Crippen molar-refractivity contribution in [1.82, 2.24) is 24.2 Å². The van der Waals surface area contributed by atoms with Crippen molar-refractivity contribution in [2.24, 2.45) is 12.8 Å². The highest BCUT2D eigenvalue weighted by Crippen LogP contribution is 2.35. The van der Waals surface area contributed by atoms with Gasteiger partial charge in [-0.2, -0.15) is 5.10 Å². The molecule has 1 amide bonds. The van der Waals surface area contributed by atoms with Crippen LogP contribution in [0.15, 0.2) is 71.6 Å². The van der Waals surface area contributed by atoms with Crippen molar-refractivity contribution < 1.29 is 9.72 Å². The zero-order chi connectivity index (χ0) is 26.7. The number of likely N-dealkylation sites (N-methyl/N-ethyl adjacent to an activating group) is 1. The Hall–Kier alpha value is -4.00. The van der Waals surface area contributed by atoms with Gasteiger partial charge in [-0.3, -0.25) is 14.8 Å². The Morgan fingerprint density at radius 2 is 2.05 bits per heavy atom. The number of nitrogens with zero attached hydrogens (tertiary/aromatic N) is 7. The van der Waals surface area contributed by atoms with Gasteiger partial charge < -0.3 is 10.6 Å². The van der Waals surface area contributed by atoms with Crippen LogP contribution in [-0.2, 0) is 18.4 Å². The molecular formula is C25H26BrN8O3+. The number of carbonyl (C=O) groups is 1. The van der Waals surface area contributed by atoms with E-state index in [0.717, 1.165) is 15.5 Å². The summed E-state index contributed by atoms with van der Waals surface area (Å²) in [7, 11) is 5.23. The summed E-state index contributed by atoms with van der Waals surface area (Å²) in [6.45, 7) is 0.182. The number of carbonyl (C=O) groups excluding carboxylic acids is 1. The standard InChI is InChI=1S/C25H26BrN8O3/c1-31(18-7-4-6-17(26)12-18)25-20-13-19(9-10-21(20)28-16-29-25)34(3,24(35)8-5-11-27)15-23-22(33(36)37)14-30-32(23)2/h4-10,12-14,16H,11,15,27H2,1-3H3/q+1/b8-5+. The number of hydrogen-bond acceptors (Lipinski definition) is 8. The minimum atomic E-state index is -0.494. The molecule has 0 aliphatic carbocycles. The molecule has 0 saturated heterocycles. The van der Waals surface area contributed by atoms with Crippen LogP contribution in [0.1, 0.15) is 5.69 Å². The first-order valence-electron chi connectivity index (χ1n) is 11.3. The van der Waals surface area contributed by atoms with Gasteiger partial charge in [-0.25, -0.2) is 19.2 Å². The normalized spacial score (nSPS) is 13.1. The lowest BCUT2D eigenvalue weighted by Gasteiger charge is -2.30. The Balaban J connectivity index is 1.88. The number of nitrogens with two attached hydrogens (primary N) is 1. The van der Waals surface area contributed by atoms with Crippen LogP contribution in [0.4, 0.5) is 22.9 Å². The number of amides is 1. The zero-order valence-corrected chi connectivity index (χ0v) is 22.2. The van der Waals surface area contributed by atoms with Gasteiger partial charge in [0, 0.05) is 54.4 Å². The Morgan fingerprint density at radius 1 is 1.27 bits per heavy atom. The number of anilines is 2. The van der Waals surface area contributed by atoms with Gasteiger partial charge in [0.1, 0.15) is 30.6 Å². The molecule has 2 aromatic carbocycles. The molecule has 4 aromatic rings.